The average Bonchev–Trinajstić information content (AvgIpc) is 3.06. The van der Waals surface area contributed by atoms with Crippen molar-refractivity contribution in [3.05, 3.63) is 63.2 Å². The minimum absolute atomic E-state index is 0.266. The largest absolute Gasteiger partial charge is 0.480 e. The van der Waals surface area contributed by atoms with Crippen LogP contribution in [0.15, 0.2) is 46.2 Å². The van der Waals surface area contributed by atoms with Crippen molar-refractivity contribution in [2.24, 2.45) is 5.73 Å². The molecule has 33 heavy (non-hydrogen) atoms. The van der Waals surface area contributed by atoms with Crippen molar-refractivity contribution in [1.29, 1.82) is 0 Å². The normalized spacial score (nSPS) is 25.2. The number of nitrogens with two attached hydrogens (primary N) is 1. The fraction of sp³-hybridized carbons (Fsp3) is 0.421. The van der Waals surface area contributed by atoms with Gasteiger partial charge in [0, 0.05) is 24.9 Å². The minimum atomic E-state index is -1.86. The van der Waals surface area contributed by atoms with Crippen LogP contribution in [-0.2, 0) is 14.3 Å². The molecule has 0 radical (unpaired) electrons. The molecule has 1 saturated heterocycles. The Kier molecular flexibility index (Phi) is 7.35. The van der Waals surface area contributed by atoms with Gasteiger partial charge in [-0.15, -0.1) is 0 Å². The summed E-state index contributed by atoms with van der Waals surface area (Å²) in [6.07, 6.45) is -5.79. The number of hydrogen-bond acceptors (Lipinski definition) is 10. The first-order chi connectivity index (χ1) is 15.6. The number of nitrogens with one attached hydrogen (secondary N) is 2. The van der Waals surface area contributed by atoms with Crippen LogP contribution in [0.25, 0.3) is 0 Å². The number of carbonyl (C=O) groups is 2. The van der Waals surface area contributed by atoms with Crippen molar-refractivity contribution >= 4 is 11.9 Å². The number of amides is 1. The third-order valence-electron chi connectivity index (χ3n) is 5.14. The van der Waals surface area contributed by atoms with Crippen LogP contribution in [0, 0.1) is 0 Å². The minimum Gasteiger partial charge on any atom is -0.480 e. The molecule has 3 rings (SSSR count). The van der Waals surface area contributed by atoms with Gasteiger partial charge in [0.25, 0.3) is 5.56 Å². The highest BCUT2D eigenvalue weighted by molar-refractivity contribution is 5.87. The van der Waals surface area contributed by atoms with Crippen LogP contribution < -0.4 is 22.3 Å². The molecule has 7 unspecified atom stereocenters. The summed E-state index contributed by atoms with van der Waals surface area (Å²) in [7, 11) is 0. The molecule has 14 nitrogen and oxygen atoms in total. The van der Waals surface area contributed by atoms with E-state index < -0.39 is 65.9 Å². The predicted molar refractivity (Wildman–Crippen MR) is 109 cm³/mol. The number of aliphatic hydroxyl groups excluding tert-OH is 3. The van der Waals surface area contributed by atoms with E-state index in [-0.39, 0.29) is 12.1 Å². The SMILES string of the molecule is NC(CC(O)c1ccccn1)C(=O)NC(C(=O)O)C1OC(n2ccc(=O)[nH]c2=O)C(O)C1O. The molecule has 7 atom stereocenters. The lowest BCUT2D eigenvalue weighted by atomic mass is 10.0. The Labute approximate surface area is 185 Å². The maximum Gasteiger partial charge on any atom is 0.330 e. The number of rotatable bonds is 8. The number of aromatic nitrogens is 3. The lowest BCUT2D eigenvalue weighted by Crippen LogP contribution is -2.56. The number of nitrogens with zero attached hydrogens (tertiary/aromatic N) is 2. The number of hydrogen-bond donors (Lipinski definition) is 7. The van der Waals surface area contributed by atoms with E-state index in [2.05, 4.69) is 10.3 Å². The van der Waals surface area contributed by atoms with Gasteiger partial charge in [0.15, 0.2) is 12.3 Å². The van der Waals surface area contributed by atoms with E-state index in [9.17, 15) is 39.6 Å². The van der Waals surface area contributed by atoms with Crippen LogP contribution in [-0.4, -0.2) is 77.2 Å². The topological polar surface area (TPSA) is 230 Å². The number of ether oxygens (including phenoxy) is 1. The van der Waals surface area contributed by atoms with E-state index in [0.717, 1.165) is 16.8 Å². The smallest absolute Gasteiger partial charge is 0.330 e. The molecule has 1 aliphatic heterocycles. The second kappa shape index (κ2) is 10.0. The van der Waals surface area contributed by atoms with Crippen LogP contribution in [0.5, 0.6) is 0 Å². The maximum atomic E-state index is 12.5. The zero-order valence-electron chi connectivity index (χ0n) is 17.0. The fourth-order valence-electron chi connectivity index (χ4n) is 3.40. The molecule has 2 aromatic rings. The quantitative estimate of drug-likeness (QED) is 0.203. The number of carboxylic acid groups (broad SMARTS) is 1. The summed E-state index contributed by atoms with van der Waals surface area (Å²) in [6, 6.07) is 2.56. The number of aromatic amines is 1. The number of aliphatic carboxylic acids is 1. The zero-order chi connectivity index (χ0) is 24.3. The molecule has 8 N–H and O–H groups in total. The molecular weight excluding hydrogens is 442 g/mol. The van der Waals surface area contributed by atoms with Gasteiger partial charge in [0.1, 0.15) is 18.3 Å². The highest BCUT2D eigenvalue weighted by Gasteiger charge is 2.50. The molecule has 3 heterocycles. The molecule has 0 saturated carbocycles. The van der Waals surface area contributed by atoms with Crippen molar-refractivity contribution in [2.45, 2.75) is 49.1 Å². The van der Waals surface area contributed by atoms with Crippen LogP contribution in [0.4, 0.5) is 0 Å². The van der Waals surface area contributed by atoms with Gasteiger partial charge in [0.05, 0.1) is 17.8 Å². The van der Waals surface area contributed by atoms with Gasteiger partial charge in [-0.3, -0.25) is 24.1 Å². The Bertz CT molecular complexity index is 1100. The lowest BCUT2D eigenvalue weighted by molar-refractivity contribution is -0.149. The van der Waals surface area contributed by atoms with Gasteiger partial charge in [-0.25, -0.2) is 9.59 Å². The van der Waals surface area contributed by atoms with E-state index in [4.69, 9.17) is 10.5 Å². The summed E-state index contributed by atoms with van der Waals surface area (Å²) in [5.74, 6) is -2.57. The Hall–Kier alpha value is -3.43. The first kappa shape index (κ1) is 24.2. The molecular formula is C19H23N5O9. The molecule has 0 bridgehead atoms. The fourth-order valence-corrected chi connectivity index (χ4v) is 3.40. The summed E-state index contributed by atoms with van der Waals surface area (Å²) in [6.45, 7) is 0. The van der Waals surface area contributed by atoms with Gasteiger partial charge < -0.3 is 36.2 Å². The zero-order valence-corrected chi connectivity index (χ0v) is 17.0. The van der Waals surface area contributed by atoms with Crippen molar-refractivity contribution in [3.8, 4) is 0 Å². The highest BCUT2D eigenvalue weighted by atomic mass is 16.6. The lowest BCUT2D eigenvalue weighted by Gasteiger charge is -2.25. The van der Waals surface area contributed by atoms with Crippen molar-refractivity contribution < 1.29 is 34.8 Å². The maximum absolute atomic E-state index is 12.5. The second-order valence-electron chi connectivity index (χ2n) is 7.43. The summed E-state index contributed by atoms with van der Waals surface area (Å²) < 4.78 is 6.16. The van der Waals surface area contributed by atoms with Gasteiger partial charge in [0.2, 0.25) is 5.91 Å². The monoisotopic (exact) mass is 465 g/mol. The summed E-state index contributed by atoms with van der Waals surface area (Å²) in [5.41, 5.74) is 4.39. The molecule has 1 fully saturated rings. The van der Waals surface area contributed by atoms with Gasteiger partial charge in [-0.2, -0.15) is 0 Å². The van der Waals surface area contributed by atoms with Gasteiger partial charge in [-0.1, -0.05) is 6.07 Å². The van der Waals surface area contributed by atoms with Gasteiger partial charge >= 0.3 is 11.7 Å². The van der Waals surface area contributed by atoms with E-state index >= 15 is 0 Å². The standard InChI is InChI=1S/C19H23N5O9/c20-8(7-10(25)9-3-1-2-5-21-9)16(29)23-12(18(30)31)15-13(27)14(28)17(33-15)24-6-4-11(26)22-19(24)32/h1-6,8,10,12-15,17,25,27-28H,7,20H2,(H,23,29)(H,30,31)(H,22,26,32). The average molecular weight is 465 g/mol. The van der Waals surface area contributed by atoms with Gasteiger partial charge in [-0.05, 0) is 12.1 Å². The molecule has 1 amide bonds. The summed E-state index contributed by atoms with van der Waals surface area (Å²) >= 11 is 0. The third-order valence-corrected chi connectivity index (χ3v) is 5.14. The number of H-pyrrole nitrogens is 1. The Morgan fingerprint density at radius 3 is 2.58 bits per heavy atom. The highest BCUT2D eigenvalue weighted by Crippen LogP contribution is 2.30. The summed E-state index contributed by atoms with van der Waals surface area (Å²) in [5, 5.41) is 42.5. The molecule has 178 valence electrons. The Morgan fingerprint density at radius 2 is 1.97 bits per heavy atom. The number of carboxylic acids is 1. The van der Waals surface area contributed by atoms with Crippen molar-refractivity contribution in [2.75, 3.05) is 0 Å². The molecule has 14 heteroatoms. The van der Waals surface area contributed by atoms with Crippen LogP contribution in [0.3, 0.4) is 0 Å². The summed E-state index contributed by atoms with van der Waals surface area (Å²) in [4.78, 5) is 53.4. The predicted octanol–water partition coefficient (Wildman–Crippen LogP) is -3.43. The number of aliphatic hydroxyl groups is 3. The van der Waals surface area contributed by atoms with E-state index in [0.29, 0.717) is 0 Å². The van der Waals surface area contributed by atoms with E-state index in [1.165, 1.54) is 12.3 Å². The van der Waals surface area contributed by atoms with Crippen LogP contribution in [0.2, 0.25) is 0 Å². The van der Waals surface area contributed by atoms with E-state index in [1.54, 1.807) is 12.1 Å². The second-order valence-corrected chi connectivity index (χ2v) is 7.43. The van der Waals surface area contributed by atoms with E-state index in [1.807, 2.05) is 4.98 Å². The number of carbonyl (C=O) groups excluding carboxylic acids is 1. The number of pyridine rings is 1. The molecule has 0 spiro atoms. The first-order valence-electron chi connectivity index (χ1n) is 9.81. The molecule has 2 aromatic heterocycles. The van der Waals surface area contributed by atoms with Crippen LogP contribution >= 0.6 is 0 Å². The van der Waals surface area contributed by atoms with Crippen LogP contribution in [0.1, 0.15) is 24.4 Å². The Morgan fingerprint density at radius 1 is 1.24 bits per heavy atom. The molecule has 0 aromatic carbocycles. The first-order valence-corrected chi connectivity index (χ1v) is 9.81. The molecule has 1 aliphatic rings. The molecule has 0 aliphatic carbocycles. The Balaban J connectivity index is 1.72. The van der Waals surface area contributed by atoms with Crippen molar-refractivity contribution in [1.82, 2.24) is 19.9 Å². The third kappa shape index (κ3) is 5.32. The van der Waals surface area contributed by atoms with Crippen molar-refractivity contribution in [3.63, 3.8) is 0 Å².